The molecule has 0 aliphatic heterocycles. The second-order valence-corrected chi connectivity index (χ2v) is 5.18. The highest BCUT2D eigenvalue weighted by atomic mass is 19.1. The zero-order valence-corrected chi connectivity index (χ0v) is 13.5. The molecule has 0 spiro atoms. The van der Waals surface area contributed by atoms with Crippen LogP contribution in [0.5, 0.6) is 5.75 Å². The van der Waals surface area contributed by atoms with Crippen molar-refractivity contribution in [2.75, 3.05) is 11.9 Å². The molecule has 7 heteroatoms. The summed E-state index contributed by atoms with van der Waals surface area (Å²) in [5.41, 5.74) is 1.12. The molecule has 1 heterocycles. The van der Waals surface area contributed by atoms with Gasteiger partial charge in [-0.25, -0.2) is 4.39 Å². The van der Waals surface area contributed by atoms with Crippen molar-refractivity contribution in [1.29, 1.82) is 0 Å². The van der Waals surface area contributed by atoms with Crippen LogP contribution in [0.15, 0.2) is 53.1 Å². The number of anilines is 1. The molecule has 0 aliphatic carbocycles. The Morgan fingerprint density at radius 1 is 1.20 bits per heavy atom. The van der Waals surface area contributed by atoms with Crippen molar-refractivity contribution in [3.8, 4) is 17.2 Å². The van der Waals surface area contributed by atoms with E-state index in [-0.39, 0.29) is 12.4 Å². The van der Waals surface area contributed by atoms with E-state index in [1.807, 2.05) is 6.92 Å². The van der Waals surface area contributed by atoms with Crippen LogP contribution in [0, 0.1) is 5.82 Å². The van der Waals surface area contributed by atoms with E-state index < -0.39 is 11.7 Å². The Labute approximate surface area is 143 Å². The number of para-hydroxylation sites is 2. The third kappa shape index (κ3) is 4.00. The van der Waals surface area contributed by atoms with Crippen LogP contribution < -0.4 is 10.1 Å². The number of nitrogens with one attached hydrogen (secondary N) is 1. The zero-order valence-electron chi connectivity index (χ0n) is 13.5. The predicted molar refractivity (Wildman–Crippen MR) is 89.6 cm³/mol. The number of nitrogens with zero attached hydrogens (tertiary/aromatic N) is 2. The predicted octanol–water partition coefficient (Wildman–Crippen LogP) is 3.46. The third-order valence-corrected chi connectivity index (χ3v) is 3.41. The molecule has 128 valence electrons. The van der Waals surface area contributed by atoms with Gasteiger partial charge in [0, 0.05) is 6.42 Å². The molecule has 1 amide bonds. The lowest BCUT2D eigenvalue weighted by Crippen LogP contribution is -2.20. The minimum Gasteiger partial charge on any atom is -0.481 e. The summed E-state index contributed by atoms with van der Waals surface area (Å²) in [7, 11) is 0. The van der Waals surface area contributed by atoms with Gasteiger partial charge in [0.15, 0.2) is 24.0 Å². The summed E-state index contributed by atoms with van der Waals surface area (Å²) < 4.78 is 23.9. The highest BCUT2D eigenvalue weighted by Crippen LogP contribution is 2.26. The molecule has 1 N–H and O–H groups in total. The molecule has 0 bridgehead atoms. The number of rotatable bonds is 6. The minimum atomic E-state index is -0.520. The molecule has 0 unspecified atom stereocenters. The average Bonchev–Trinajstić information content (AvgIpc) is 3.10. The molecule has 2 aromatic carbocycles. The topological polar surface area (TPSA) is 77.2 Å². The lowest BCUT2D eigenvalue weighted by atomic mass is 10.1. The quantitative estimate of drug-likeness (QED) is 0.743. The summed E-state index contributed by atoms with van der Waals surface area (Å²) >= 11 is 0. The molecule has 0 fully saturated rings. The molecule has 0 saturated heterocycles. The molecule has 25 heavy (non-hydrogen) atoms. The van der Waals surface area contributed by atoms with Gasteiger partial charge in [-0.05, 0) is 24.3 Å². The van der Waals surface area contributed by atoms with Crippen LogP contribution in [0.2, 0.25) is 0 Å². The standard InChI is InChI=1S/C18H16FN3O3/c1-2-16-21-18(25-22-16)12-7-3-5-9-14(12)20-17(23)11-24-15-10-6-4-8-13(15)19/h3-10H,2,11H2,1H3,(H,20,23). The lowest BCUT2D eigenvalue weighted by Gasteiger charge is -2.10. The van der Waals surface area contributed by atoms with Gasteiger partial charge in [0.05, 0.1) is 11.3 Å². The molecule has 0 saturated carbocycles. The molecule has 0 aliphatic rings. The van der Waals surface area contributed by atoms with Gasteiger partial charge in [-0.1, -0.05) is 36.3 Å². The van der Waals surface area contributed by atoms with Crippen molar-refractivity contribution in [3.63, 3.8) is 0 Å². The van der Waals surface area contributed by atoms with Crippen molar-refractivity contribution in [3.05, 3.63) is 60.2 Å². The minimum absolute atomic E-state index is 0.0235. The number of carbonyl (C=O) groups is 1. The fourth-order valence-corrected chi connectivity index (χ4v) is 2.18. The van der Waals surface area contributed by atoms with Crippen molar-refractivity contribution < 1.29 is 18.4 Å². The van der Waals surface area contributed by atoms with E-state index in [0.717, 1.165) is 0 Å². The Kier molecular flexibility index (Phi) is 5.03. The Bertz CT molecular complexity index is 879. The van der Waals surface area contributed by atoms with Crippen LogP contribution in [0.4, 0.5) is 10.1 Å². The van der Waals surface area contributed by atoms with E-state index in [4.69, 9.17) is 9.26 Å². The molecule has 3 aromatic rings. The number of amides is 1. The summed E-state index contributed by atoms with van der Waals surface area (Å²) in [6.07, 6.45) is 0.647. The number of aryl methyl sites for hydroxylation is 1. The van der Waals surface area contributed by atoms with Crippen molar-refractivity contribution in [2.24, 2.45) is 0 Å². The molecule has 3 rings (SSSR count). The smallest absolute Gasteiger partial charge is 0.262 e. The number of carbonyl (C=O) groups excluding carboxylic acids is 1. The largest absolute Gasteiger partial charge is 0.481 e. The summed E-state index contributed by atoms with van der Waals surface area (Å²) in [6.45, 7) is 1.60. The molecular weight excluding hydrogens is 325 g/mol. The van der Waals surface area contributed by atoms with Gasteiger partial charge in [0.2, 0.25) is 0 Å². The Morgan fingerprint density at radius 3 is 2.72 bits per heavy atom. The van der Waals surface area contributed by atoms with Gasteiger partial charge in [-0.3, -0.25) is 4.79 Å². The number of ether oxygens (including phenoxy) is 1. The number of hydrogen-bond acceptors (Lipinski definition) is 5. The second kappa shape index (κ2) is 7.57. The van der Waals surface area contributed by atoms with E-state index in [2.05, 4.69) is 15.5 Å². The van der Waals surface area contributed by atoms with Crippen LogP contribution in [0.25, 0.3) is 11.5 Å². The highest BCUT2D eigenvalue weighted by molar-refractivity contribution is 5.95. The first-order valence-corrected chi connectivity index (χ1v) is 7.76. The maximum atomic E-state index is 13.5. The SMILES string of the molecule is CCc1noc(-c2ccccc2NC(=O)COc2ccccc2F)n1. The fraction of sp³-hybridized carbons (Fsp3) is 0.167. The Morgan fingerprint density at radius 2 is 1.96 bits per heavy atom. The van der Waals surface area contributed by atoms with Gasteiger partial charge < -0.3 is 14.6 Å². The van der Waals surface area contributed by atoms with Crippen LogP contribution in [0.3, 0.4) is 0 Å². The van der Waals surface area contributed by atoms with Crippen molar-refractivity contribution in [1.82, 2.24) is 10.1 Å². The molecule has 1 aromatic heterocycles. The van der Waals surface area contributed by atoms with Gasteiger partial charge >= 0.3 is 0 Å². The van der Waals surface area contributed by atoms with Gasteiger partial charge in [0.25, 0.3) is 11.8 Å². The second-order valence-electron chi connectivity index (χ2n) is 5.18. The average molecular weight is 341 g/mol. The van der Waals surface area contributed by atoms with Gasteiger partial charge in [0.1, 0.15) is 0 Å². The molecule has 6 nitrogen and oxygen atoms in total. The first-order valence-electron chi connectivity index (χ1n) is 7.76. The van der Waals surface area contributed by atoms with E-state index in [1.54, 1.807) is 36.4 Å². The molecule has 0 atom stereocenters. The van der Waals surface area contributed by atoms with Crippen LogP contribution in [-0.2, 0) is 11.2 Å². The first kappa shape index (κ1) is 16.6. The van der Waals surface area contributed by atoms with E-state index in [0.29, 0.717) is 29.4 Å². The maximum Gasteiger partial charge on any atom is 0.262 e. The van der Waals surface area contributed by atoms with E-state index in [1.165, 1.54) is 12.1 Å². The van der Waals surface area contributed by atoms with E-state index in [9.17, 15) is 9.18 Å². The summed E-state index contributed by atoms with van der Waals surface area (Å²) in [4.78, 5) is 16.4. The van der Waals surface area contributed by atoms with Crippen LogP contribution in [0.1, 0.15) is 12.7 Å². The molecule has 0 radical (unpaired) electrons. The lowest BCUT2D eigenvalue weighted by molar-refractivity contribution is -0.118. The number of hydrogen-bond donors (Lipinski definition) is 1. The number of halogens is 1. The molecular formula is C18H16FN3O3. The fourth-order valence-electron chi connectivity index (χ4n) is 2.18. The van der Waals surface area contributed by atoms with Crippen LogP contribution in [-0.4, -0.2) is 22.7 Å². The van der Waals surface area contributed by atoms with Crippen molar-refractivity contribution in [2.45, 2.75) is 13.3 Å². The van der Waals surface area contributed by atoms with Gasteiger partial charge in [-0.15, -0.1) is 0 Å². The number of aromatic nitrogens is 2. The van der Waals surface area contributed by atoms with E-state index >= 15 is 0 Å². The van der Waals surface area contributed by atoms with Crippen molar-refractivity contribution >= 4 is 11.6 Å². The maximum absolute atomic E-state index is 13.5. The number of benzene rings is 2. The highest BCUT2D eigenvalue weighted by Gasteiger charge is 2.14. The summed E-state index contributed by atoms with van der Waals surface area (Å²) in [5.74, 6) is -0.0169. The monoisotopic (exact) mass is 341 g/mol. The zero-order chi connectivity index (χ0) is 17.6. The Hall–Kier alpha value is -3.22. The normalized spacial score (nSPS) is 10.5. The van der Waals surface area contributed by atoms with Gasteiger partial charge in [-0.2, -0.15) is 4.98 Å². The summed E-state index contributed by atoms with van der Waals surface area (Å²) in [5, 5.41) is 6.56. The summed E-state index contributed by atoms with van der Waals surface area (Å²) in [6, 6.07) is 13.0. The third-order valence-electron chi connectivity index (χ3n) is 3.41. The Balaban J connectivity index is 1.70. The van der Waals surface area contributed by atoms with Crippen LogP contribution >= 0.6 is 0 Å². The first-order chi connectivity index (χ1) is 12.2.